The quantitative estimate of drug-likeness (QED) is 0.661. The summed E-state index contributed by atoms with van der Waals surface area (Å²) in [5.41, 5.74) is -1.02. The molecule has 112 valence electrons. The molecule has 0 heterocycles. The van der Waals surface area contributed by atoms with E-state index in [1.165, 1.54) is 12.1 Å². The average Bonchev–Trinajstić information content (AvgIpc) is 2.47. The van der Waals surface area contributed by atoms with Gasteiger partial charge in [-0.15, -0.1) is 0 Å². The molecule has 0 unspecified atom stereocenters. The van der Waals surface area contributed by atoms with E-state index in [-0.39, 0.29) is 37.9 Å². The van der Waals surface area contributed by atoms with Crippen molar-refractivity contribution < 1.29 is 24.1 Å². The molecule has 1 rings (SSSR count). The molecule has 1 aromatic carbocycles. The first kappa shape index (κ1) is 16.4. The van der Waals surface area contributed by atoms with Crippen LogP contribution in [-0.4, -0.2) is 41.5 Å². The van der Waals surface area contributed by atoms with E-state index in [2.05, 4.69) is 5.32 Å². The molecule has 0 radical (unpaired) electrons. The van der Waals surface area contributed by atoms with Gasteiger partial charge in [-0.05, 0) is 18.6 Å². The molecule has 0 aromatic heterocycles. The SMILES string of the molecule is CCC(CO)(CO)NC(=O)CCOc1ccccc1F. The van der Waals surface area contributed by atoms with E-state index in [0.717, 1.165) is 0 Å². The smallest absolute Gasteiger partial charge is 0.224 e. The number of hydrogen-bond acceptors (Lipinski definition) is 4. The Morgan fingerprint density at radius 3 is 2.55 bits per heavy atom. The number of amides is 1. The third-order valence-electron chi connectivity index (χ3n) is 3.11. The molecule has 0 aliphatic carbocycles. The summed E-state index contributed by atoms with van der Waals surface area (Å²) in [4.78, 5) is 11.7. The lowest BCUT2D eigenvalue weighted by atomic mass is 9.98. The second-order valence-electron chi connectivity index (χ2n) is 4.53. The van der Waals surface area contributed by atoms with Gasteiger partial charge in [-0.2, -0.15) is 0 Å². The molecule has 0 atom stereocenters. The van der Waals surface area contributed by atoms with Gasteiger partial charge in [-0.3, -0.25) is 4.79 Å². The Kier molecular flexibility index (Phi) is 6.41. The normalized spacial score (nSPS) is 11.2. The highest BCUT2D eigenvalue weighted by Gasteiger charge is 2.28. The summed E-state index contributed by atoms with van der Waals surface area (Å²) in [6.45, 7) is 1.08. The van der Waals surface area contributed by atoms with Crippen molar-refractivity contribution in [3.8, 4) is 5.75 Å². The van der Waals surface area contributed by atoms with E-state index in [9.17, 15) is 19.4 Å². The number of halogens is 1. The number of aliphatic hydroxyl groups is 2. The number of aliphatic hydroxyl groups excluding tert-OH is 2. The topological polar surface area (TPSA) is 78.8 Å². The van der Waals surface area contributed by atoms with E-state index in [1.807, 2.05) is 0 Å². The van der Waals surface area contributed by atoms with Gasteiger partial charge in [0.2, 0.25) is 5.91 Å². The van der Waals surface area contributed by atoms with Gasteiger partial charge in [0.15, 0.2) is 11.6 Å². The number of benzene rings is 1. The average molecular weight is 285 g/mol. The van der Waals surface area contributed by atoms with Gasteiger partial charge in [-0.1, -0.05) is 19.1 Å². The second kappa shape index (κ2) is 7.81. The maximum absolute atomic E-state index is 13.3. The lowest BCUT2D eigenvalue weighted by Crippen LogP contribution is -2.54. The number of hydrogen-bond donors (Lipinski definition) is 3. The number of para-hydroxylation sites is 1. The van der Waals surface area contributed by atoms with Gasteiger partial charge >= 0.3 is 0 Å². The highest BCUT2D eigenvalue weighted by molar-refractivity contribution is 5.77. The minimum Gasteiger partial charge on any atom is -0.490 e. The fourth-order valence-electron chi connectivity index (χ4n) is 1.61. The molecule has 0 aliphatic heterocycles. The second-order valence-corrected chi connectivity index (χ2v) is 4.53. The summed E-state index contributed by atoms with van der Waals surface area (Å²) in [5, 5.41) is 21.0. The Hall–Kier alpha value is -1.66. The molecule has 0 saturated heterocycles. The van der Waals surface area contributed by atoms with Crippen LogP contribution in [0.1, 0.15) is 19.8 Å². The molecular formula is C14H20FNO4. The molecule has 1 amide bonds. The lowest BCUT2D eigenvalue weighted by Gasteiger charge is -2.29. The van der Waals surface area contributed by atoms with Crippen molar-refractivity contribution >= 4 is 5.91 Å². The molecular weight excluding hydrogens is 265 g/mol. The summed E-state index contributed by atoms with van der Waals surface area (Å²) < 4.78 is 18.4. The Bertz CT molecular complexity index is 427. The highest BCUT2D eigenvalue weighted by atomic mass is 19.1. The van der Waals surface area contributed by atoms with Gasteiger partial charge in [-0.25, -0.2) is 4.39 Å². The highest BCUT2D eigenvalue weighted by Crippen LogP contribution is 2.15. The van der Waals surface area contributed by atoms with Crippen LogP contribution in [0.25, 0.3) is 0 Å². The molecule has 0 spiro atoms. The first-order chi connectivity index (χ1) is 9.56. The van der Waals surface area contributed by atoms with Crippen LogP contribution < -0.4 is 10.1 Å². The predicted octanol–water partition coefficient (Wildman–Crippen LogP) is 0.844. The third-order valence-corrected chi connectivity index (χ3v) is 3.11. The van der Waals surface area contributed by atoms with Crippen LogP contribution in [0.3, 0.4) is 0 Å². The van der Waals surface area contributed by atoms with Crippen LogP contribution in [0.15, 0.2) is 24.3 Å². The maximum Gasteiger partial charge on any atom is 0.224 e. The van der Waals surface area contributed by atoms with Gasteiger partial charge in [0, 0.05) is 0 Å². The Balaban J connectivity index is 2.42. The van der Waals surface area contributed by atoms with E-state index >= 15 is 0 Å². The van der Waals surface area contributed by atoms with Gasteiger partial charge in [0.1, 0.15) is 0 Å². The van der Waals surface area contributed by atoms with Crippen molar-refractivity contribution in [1.82, 2.24) is 5.32 Å². The summed E-state index contributed by atoms with van der Waals surface area (Å²) in [6, 6.07) is 5.94. The van der Waals surface area contributed by atoms with Crippen molar-refractivity contribution in [2.45, 2.75) is 25.3 Å². The van der Waals surface area contributed by atoms with Crippen LogP contribution in [0.4, 0.5) is 4.39 Å². The predicted molar refractivity (Wildman–Crippen MR) is 71.8 cm³/mol. The lowest BCUT2D eigenvalue weighted by molar-refractivity contribution is -0.125. The Morgan fingerprint density at radius 2 is 2.00 bits per heavy atom. The molecule has 0 aliphatic rings. The molecule has 0 bridgehead atoms. The zero-order valence-electron chi connectivity index (χ0n) is 11.4. The zero-order valence-corrected chi connectivity index (χ0v) is 11.4. The number of carbonyl (C=O) groups is 1. The van der Waals surface area contributed by atoms with Crippen LogP contribution in [-0.2, 0) is 4.79 Å². The van der Waals surface area contributed by atoms with Crippen molar-refractivity contribution in [3.63, 3.8) is 0 Å². The Labute approximate surface area is 117 Å². The standard InChI is InChI=1S/C14H20FNO4/c1-2-14(9-17,10-18)16-13(19)7-8-20-12-6-4-3-5-11(12)15/h3-6,17-18H,2,7-10H2,1H3,(H,16,19). The van der Waals surface area contributed by atoms with E-state index in [1.54, 1.807) is 19.1 Å². The van der Waals surface area contributed by atoms with Crippen LogP contribution in [0.5, 0.6) is 5.75 Å². The molecule has 0 saturated carbocycles. The van der Waals surface area contributed by atoms with E-state index in [4.69, 9.17) is 4.74 Å². The monoisotopic (exact) mass is 285 g/mol. The van der Waals surface area contributed by atoms with Crippen LogP contribution in [0, 0.1) is 5.82 Å². The van der Waals surface area contributed by atoms with Crippen molar-refractivity contribution in [2.75, 3.05) is 19.8 Å². The van der Waals surface area contributed by atoms with Crippen molar-refractivity contribution in [2.24, 2.45) is 0 Å². The molecule has 20 heavy (non-hydrogen) atoms. The summed E-state index contributed by atoms with van der Waals surface area (Å²) in [5.74, 6) is -0.765. The van der Waals surface area contributed by atoms with Gasteiger partial charge < -0.3 is 20.3 Å². The number of carbonyl (C=O) groups excluding carboxylic acids is 1. The summed E-state index contributed by atoms with van der Waals surface area (Å²) in [7, 11) is 0. The molecule has 5 nitrogen and oxygen atoms in total. The maximum atomic E-state index is 13.3. The van der Waals surface area contributed by atoms with Crippen LogP contribution in [0.2, 0.25) is 0 Å². The molecule has 6 heteroatoms. The van der Waals surface area contributed by atoms with Crippen molar-refractivity contribution in [3.05, 3.63) is 30.1 Å². The fourth-order valence-corrected chi connectivity index (χ4v) is 1.61. The van der Waals surface area contributed by atoms with Crippen molar-refractivity contribution in [1.29, 1.82) is 0 Å². The minimum atomic E-state index is -1.02. The molecule has 0 fully saturated rings. The van der Waals surface area contributed by atoms with Crippen LogP contribution >= 0.6 is 0 Å². The number of rotatable bonds is 8. The molecule has 3 N–H and O–H groups in total. The zero-order chi connectivity index (χ0) is 15.0. The summed E-state index contributed by atoms with van der Waals surface area (Å²) in [6.07, 6.45) is 0.413. The third kappa shape index (κ3) is 4.47. The fraction of sp³-hybridized carbons (Fsp3) is 0.500. The summed E-state index contributed by atoms with van der Waals surface area (Å²) >= 11 is 0. The van der Waals surface area contributed by atoms with Gasteiger partial charge in [0.05, 0.1) is 31.8 Å². The van der Waals surface area contributed by atoms with Gasteiger partial charge in [0.25, 0.3) is 0 Å². The Morgan fingerprint density at radius 1 is 1.35 bits per heavy atom. The first-order valence-electron chi connectivity index (χ1n) is 6.47. The largest absolute Gasteiger partial charge is 0.490 e. The number of ether oxygens (including phenoxy) is 1. The first-order valence-corrected chi connectivity index (χ1v) is 6.47. The number of nitrogens with one attached hydrogen (secondary N) is 1. The van der Waals surface area contributed by atoms with E-state index < -0.39 is 11.4 Å². The molecule has 1 aromatic rings. The minimum absolute atomic E-state index is 0.0100. The van der Waals surface area contributed by atoms with E-state index in [0.29, 0.717) is 6.42 Å².